The van der Waals surface area contributed by atoms with Gasteiger partial charge < -0.3 is 14.8 Å². The largest absolute Gasteiger partial charge is 0.486 e. The summed E-state index contributed by atoms with van der Waals surface area (Å²) in [5.41, 5.74) is 1.07. The molecule has 1 N–H and O–H groups in total. The maximum atomic E-state index is 5.55. The van der Waals surface area contributed by atoms with Crippen molar-refractivity contribution in [2.45, 2.75) is 25.8 Å². The molecule has 2 rings (SSSR count). The molecule has 0 amide bonds. The highest BCUT2D eigenvalue weighted by molar-refractivity contribution is 5.55. The van der Waals surface area contributed by atoms with E-state index in [1.165, 1.54) is 0 Å². The summed E-state index contributed by atoms with van der Waals surface area (Å²) < 4.78 is 11.0. The Hall–Kier alpha value is -1.64. The van der Waals surface area contributed by atoms with E-state index in [1.807, 2.05) is 24.3 Å². The zero-order valence-corrected chi connectivity index (χ0v) is 10.2. The Bertz CT molecular complexity index is 390. The summed E-state index contributed by atoms with van der Waals surface area (Å²) in [5.74, 6) is 1.66. The third-order valence-electron chi connectivity index (χ3n) is 2.76. The molecule has 0 fully saturated rings. The minimum atomic E-state index is 0.426. The topological polar surface area (TPSA) is 30.5 Å². The molecule has 1 heterocycles. The van der Waals surface area contributed by atoms with Gasteiger partial charge in [-0.1, -0.05) is 6.08 Å². The van der Waals surface area contributed by atoms with Gasteiger partial charge in [0.25, 0.3) is 0 Å². The minimum Gasteiger partial charge on any atom is -0.486 e. The number of ether oxygens (including phenoxy) is 2. The predicted octanol–water partition coefficient (Wildman–Crippen LogP) is 3.22. The average molecular weight is 233 g/mol. The first-order valence-electron chi connectivity index (χ1n) is 6.06. The Balaban J connectivity index is 1.99. The van der Waals surface area contributed by atoms with Crippen molar-refractivity contribution < 1.29 is 9.47 Å². The molecule has 0 saturated carbocycles. The van der Waals surface area contributed by atoms with E-state index in [-0.39, 0.29) is 0 Å². The van der Waals surface area contributed by atoms with Crippen LogP contribution >= 0.6 is 0 Å². The zero-order chi connectivity index (χ0) is 12.1. The molecule has 1 atom stereocenters. The summed E-state index contributed by atoms with van der Waals surface area (Å²) in [6.07, 6.45) is 4.05. The second-order valence-corrected chi connectivity index (χ2v) is 4.27. The highest BCUT2D eigenvalue weighted by Crippen LogP contribution is 2.32. The van der Waals surface area contributed by atoms with Crippen LogP contribution in [0.15, 0.2) is 30.9 Å². The van der Waals surface area contributed by atoms with Crippen molar-refractivity contribution >= 4 is 5.69 Å². The number of anilines is 1. The lowest BCUT2D eigenvalue weighted by molar-refractivity contribution is 0.171. The smallest absolute Gasteiger partial charge is 0.163 e. The maximum Gasteiger partial charge on any atom is 0.163 e. The fourth-order valence-corrected chi connectivity index (χ4v) is 1.86. The van der Waals surface area contributed by atoms with E-state index in [1.54, 1.807) is 0 Å². The van der Waals surface area contributed by atoms with E-state index in [2.05, 4.69) is 18.8 Å². The van der Waals surface area contributed by atoms with E-state index in [4.69, 9.17) is 9.47 Å². The van der Waals surface area contributed by atoms with Gasteiger partial charge in [-0.3, -0.25) is 0 Å². The molecule has 1 aromatic rings. The molecule has 17 heavy (non-hydrogen) atoms. The summed E-state index contributed by atoms with van der Waals surface area (Å²) in [7, 11) is 0. The van der Waals surface area contributed by atoms with Crippen LogP contribution in [0.3, 0.4) is 0 Å². The van der Waals surface area contributed by atoms with Gasteiger partial charge in [0, 0.05) is 17.8 Å². The fourth-order valence-electron chi connectivity index (χ4n) is 1.86. The van der Waals surface area contributed by atoms with Gasteiger partial charge in [0.2, 0.25) is 0 Å². The number of rotatable bonds is 5. The van der Waals surface area contributed by atoms with Gasteiger partial charge in [-0.05, 0) is 31.9 Å². The van der Waals surface area contributed by atoms with Crippen LogP contribution in [0.25, 0.3) is 0 Å². The van der Waals surface area contributed by atoms with E-state index < -0.39 is 0 Å². The number of hydrogen-bond acceptors (Lipinski definition) is 3. The van der Waals surface area contributed by atoms with Gasteiger partial charge in [-0.2, -0.15) is 0 Å². The molecule has 0 aliphatic carbocycles. The third kappa shape index (κ3) is 3.16. The third-order valence-corrected chi connectivity index (χ3v) is 2.76. The fraction of sp³-hybridized carbons (Fsp3) is 0.429. The Labute approximate surface area is 102 Å². The molecule has 0 bridgehead atoms. The van der Waals surface area contributed by atoms with Crippen LogP contribution in [0, 0.1) is 0 Å². The van der Waals surface area contributed by atoms with Gasteiger partial charge in [0.05, 0.1) is 0 Å². The van der Waals surface area contributed by atoms with Crippen molar-refractivity contribution in [3.63, 3.8) is 0 Å². The van der Waals surface area contributed by atoms with Gasteiger partial charge in [0.1, 0.15) is 13.2 Å². The van der Waals surface area contributed by atoms with E-state index in [0.717, 1.165) is 30.0 Å². The van der Waals surface area contributed by atoms with Gasteiger partial charge in [-0.15, -0.1) is 6.58 Å². The first kappa shape index (κ1) is 11.8. The van der Waals surface area contributed by atoms with Crippen molar-refractivity contribution in [2.75, 3.05) is 18.5 Å². The number of benzene rings is 1. The summed E-state index contributed by atoms with van der Waals surface area (Å²) in [5, 5.41) is 3.44. The normalized spacial score (nSPS) is 15.1. The van der Waals surface area contributed by atoms with Crippen LogP contribution in [-0.4, -0.2) is 19.3 Å². The first-order valence-corrected chi connectivity index (χ1v) is 6.06. The molecule has 0 aromatic heterocycles. The van der Waals surface area contributed by atoms with Gasteiger partial charge in [0.15, 0.2) is 11.5 Å². The van der Waals surface area contributed by atoms with Gasteiger partial charge in [-0.25, -0.2) is 0 Å². The van der Waals surface area contributed by atoms with Crippen LogP contribution in [0.4, 0.5) is 5.69 Å². The Morgan fingerprint density at radius 3 is 2.88 bits per heavy atom. The molecule has 3 nitrogen and oxygen atoms in total. The van der Waals surface area contributed by atoms with Crippen LogP contribution in [-0.2, 0) is 0 Å². The van der Waals surface area contributed by atoms with E-state index in [9.17, 15) is 0 Å². The van der Waals surface area contributed by atoms with Crippen molar-refractivity contribution in [1.29, 1.82) is 0 Å². The molecule has 1 aromatic carbocycles. The standard InChI is InChI=1S/C14H19NO2/c1-3-4-5-11(2)15-12-6-7-13-14(10-12)17-9-8-16-13/h3,6-7,10-11,15H,1,4-5,8-9H2,2H3. The highest BCUT2D eigenvalue weighted by atomic mass is 16.6. The second kappa shape index (κ2) is 5.62. The average Bonchev–Trinajstić information content (AvgIpc) is 2.36. The number of nitrogens with one attached hydrogen (secondary N) is 1. The van der Waals surface area contributed by atoms with Crippen molar-refractivity contribution in [3.05, 3.63) is 30.9 Å². The SMILES string of the molecule is C=CCCC(C)Nc1ccc2c(c1)OCCO2. The number of hydrogen-bond donors (Lipinski definition) is 1. The number of allylic oxidation sites excluding steroid dienone is 1. The summed E-state index contributed by atoms with van der Waals surface area (Å²) >= 11 is 0. The quantitative estimate of drug-likeness (QED) is 0.792. The molecule has 0 radical (unpaired) electrons. The Morgan fingerprint density at radius 1 is 1.35 bits per heavy atom. The van der Waals surface area contributed by atoms with Crippen LogP contribution in [0.1, 0.15) is 19.8 Å². The molecule has 1 unspecified atom stereocenters. The second-order valence-electron chi connectivity index (χ2n) is 4.27. The molecule has 1 aliphatic rings. The van der Waals surface area contributed by atoms with Gasteiger partial charge >= 0.3 is 0 Å². The Morgan fingerprint density at radius 2 is 2.12 bits per heavy atom. The first-order chi connectivity index (χ1) is 8.29. The molecular weight excluding hydrogens is 214 g/mol. The molecule has 92 valence electrons. The lowest BCUT2D eigenvalue weighted by Crippen LogP contribution is -2.17. The number of fused-ring (bicyclic) bond motifs is 1. The van der Waals surface area contributed by atoms with Crippen molar-refractivity contribution in [1.82, 2.24) is 0 Å². The maximum absolute atomic E-state index is 5.55. The van der Waals surface area contributed by atoms with Crippen LogP contribution < -0.4 is 14.8 Å². The molecular formula is C14H19NO2. The lowest BCUT2D eigenvalue weighted by Gasteiger charge is -2.20. The lowest BCUT2D eigenvalue weighted by atomic mass is 10.1. The monoisotopic (exact) mass is 233 g/mol. The molecule has 1 aliphatic heterocycles. The zero-order valence-electron chi connectivity index (χ0n) is 10.2. The molecule has 3 heteroatoms. The Kier molecular flexibility index (Phi) is 3.91. The summed E-state index contributed by atoms with van der Waals surface area (Å²) in [6, 6.07) is 6.41. The minimum absolute atomic E-state index is 0.426. The van der Waals surface area contributed by atoms with Crippen molar-refractivity contribution in [2.24, 2.45) is 0 Å². The predicted molar refractivity (Wildman–Crippen MR) is 69.9 cm³/mol. The van der Waals surface area contributed by atoms with Crippen LogP contribution in [0.5, 0.6) is 11.5 Å². The van der Waals surface area contributed by atoms with E-state index >= 15 is 0 Å². The summed E-state index contributed by atoms with van der Waals surface area (Å²) in [4.78, 5) is 0. The molecule has 0 saturated heterocycles. The van der Waals surface area contributed by atoms with E-state index in [0.29, 0.717) is 19.3 Å². The summed E-state index contributed by atoms with van der Waals surface area (Å²) in [6.45, 7) is 7.16. The molecule has 0 spiro atoms. The van der Waals surface area contributed by atoms with Crippen LogP contribution in [0.2, 0.25) is 0 Å². The van der Waals surface area contributed by atoms with Crippen molar-refractivity contribution in [3.8, 4) is 11.5 Å². The highest BCUT2D eigenvalue weighted by Gasteiger charge is 2.12.